The summed E-state index contributed by atoms with van der Waals surface area (Å²) in [6, 6.07) is 8.63. The van der Waals surface area contributed by atoms with Crippen LogP contribution in [-0.4, -0.2) is 16.5 Å². The van der Waals surface area contributed by atoms with Gasteiger partial charge in [0.15, 0.2) is 0 Å². The van der Waals surface area contributed by atoms with Crippen LogP contribution in [-0.2, 0) is 0 Å². The van der Waals surface area contributed by atoms with Gasteiger partial charge in [-0.1, -0.05) is 12.1 Å². The van der Waals surface area contributed by atoms with Gasteiger partial charge >= 0.3 is 5.69 Å². The van der Waals surface area contributed by atoms with Crippen molar-refractivity contribution in [1.29, 1.82) is 0 Å². The average Bonchev–Trinajstić information content (AvgIpc) is 2.41. The minimum Gasteiger partial charge on any atom is -0.384 e. The molecule has 20 heavy (non-hydrogen) atoms. The molecule has 1 heterocycles. The molecule has 104 valence electrons. The molecule has 0 amide bonds. The number of pyridine rings is 1. The van der Waals surface area contributed by atoms with E-state index in [1.807, 2.05) is 0 Å². The van der Waals surface area contributed by atoms with Crippen LogP contribution in [0.25, 0.3) is 0 Å². The van der Waals surface area contributed by atoms with Gasteiger partial charge in [-0.3, -0.25) is 10.1 Å². The van der Waals surface area contributed by atoms with Crippen LogP contribution < -0.4 is 10.6 Å². The zero-order valence-electron chi connectivity index (χ0n) is 10.8. The van der Waals surface area contributed by atoms with Crippen LogP contribution in [0.15, 0.2) is 36.4 Å². The number of hydrogen-bond donors (Lipinski definition) is 1. The van der Waals surface area contributed by atoms with Gasteiger partial charge in [0, 0.05) is 12.6 Å². The molecule has 2 aromatic rings. The van der Waals surface area contributed by atoms with E-state index in [0.29, 0.717) is 6.54 Å². The highest BCUT2D eigenvalue weighted by Crippen LogP contribution is 2.33. The number of nitrogens with two attached hydrogens (primary N) is 1. The maximum Gasteiger partial charge on any atom is 0.312 e. The predicted octanol–water partition coefficient (Wildman–Crippen LogP) is 2.87. The first kappa shape index (κ1) is 13.7. The number of aromatic nitrogens is 1. The summed E-state index contributed by atoms with van der Waals surface area (Å²) >= 11 is 0. The number of nitro groups is 1. The number of para-hydroxylation sites is 1. The Balaban J connectivity index is 2.60. The van der Waals surface area contributed by atoms with Gasteiger partial charge in [-0.15, -0.1) is 0 Å². The third-order valence-electron chi connectivity index (χ3n) is 2.79. The lowest BCUT2D eigenvalue weighted by molar-refractivity contribution is -0.384. The van der Waals surface area contributed by atoms with Crippen molar-refractivity contribution in [2.45, 2.75) is 6.92 Å². The van der Waals surface area contributed by atoms with Gasteiger partial charge in [-0.05, 0) is 25.1 Å². The van der Waals surface area contributed by atoms with E-state index in [1.54, 1.807) is 19.1 Å². The molecule has 6 nitrogen and oxygen atoms in total. The molecule has 0 unspecified atom stereocenters. The van der Waals surface area contributed by atoms with E-state index >= 15 is 0 Å². The van der Waals surface area contributed by atoms with Crippen LogP contribution in [0.5, 0.6) is 0 Å². The fourth-order valence-electron chi connectivity index (χ4n) is 1.90. The van der Waals surface area contributed by atoms with Gasteiger partial charge in [-0.2, -0.15) is 0 Å². The topological polar surface area (TPSA) is 85.3 Å². The second-order valence-electron chi connectivity index (χ2n) is 4.03. The first-order valence-electron chi connectivity index (χ1n) is 5.97. The van der Waals surface area contributed by atoms with E-state index in [2.05, 4.69) is 4.98 Å². The Morgan fingerprint density at radius 1 is 1.35 bits per heavy atom. The highest BCUT2D eigenvalue weighted by Gasteiger charge is 2.23. The monoisotopic (exact) mass is 276 g/mol. The van der Waals surface area contributed by atoms with Crippen LogP contribution in [0.2, 0.25) is 0 Å². The lowest BCUT2D eigenvalue weighted by Gasteiger charge is -2.22. The molecule has 0 aliphatic rings. The second-order valence-corrected chi connectivity index (χ2v) is 4.03. The molecule has 7 heteroatoms. The van der Waals surface area contributed by atoms with Gasteiger partial charge in [0.25, 0.3) is 0 Å². The quantitative estimate of drug-likeness (QED) is 0.685. The maximum absolute atomic E-state index is 13.9. The molecule has 0 saturated heterocycles. The number of nitrogens with zero attached hydrogens (tertiary/aromatic N) is 3. The van der Waals surface area contributed by atoms with Crippen molar-refractivity contribution in [3.05, 3.63) is 52.3 Å². The molecule has 2 N–H and O–H groups in total. The summed E-state index contributed by atoms with van der Waals surface area (Å²) in [7, 11) is 0. The van der Waals surface area contributed by atoms with Gasteiger partial charge in [0.2, 0.25) is 5.82 Å². The number of anilines is 3. The zero-order valence-corrected chi connectivity index (χ0v) is 10.8. The average molecular weight is 276 g/mol. The number of rotatable bonds is 4. The van der Waals surface area contributed by atoms with Gasteiger partial charge in [-0.25, -0.2) is 9.37 Å². The van der Waals surface area contributed by atoms with Crippen molar-refractivity contribution in [3.8, 4) is 0 Å². The van der Waals surface area contributed by atoms with E-state index in [4.69, 9.17) is 5.73 Å². The fraction of sp³-hybridized carbons (Fsp3) is 0.154. The Bertz CT molecular complexity index is 648. The molecule has 2 rings (SSSR count). The third kappa shape index (κ3) is 2.51. The largest absolute Gasteiger partial charge is 0.384 e. The molecule has 1 aromatic carbocycles. The third-order valence-corrected chi connectivity index (χ3v) is 2.79. The second kappa shape index (κ2) is 5.52. The molecule has 0 spiro atoms. The van der Waals surface area contributed by atoms with E-state index in [0.717, 1.165) is 0 Å². The Morgan fingerprint density at radius 2 is 2.05 bits per heavy atom. The lowest BCUT2D eigenvalue weighted by atomic mass is 10.2. The van der Waals surface area contributed by atoms with Crippen molar-refractivity contribution in [2.75, 3.05) is 17.2 Å². The van der Waals surface area contributed by atoms with E-state index in [1.165, 1.54) is 29.2 Å². The van der Waals surface area contributed by atoms with Crippen LogP contribution in [0.4, 0.5) is 27.4 Å². The van der Waals surface area contributed by atoms with Crippen molar-refractivity contribution in [2.24, 2.45) is 0 Å². The predicted molar refractivity (Wildman–Crippen MR) is 74.4 cm³/mol. The molecule has 1 aromatic heterocycles. The van der Waals surface area contributed by atoms with E-state index in [-0.39, 0.29) is 23.0 Å². The molecule has 0 aliphatic heterocycles. The smallest absolute Gasteiger partial charge is 0.312 e. The highest BCUT2D eigenvalue weighted by molar-refractivity contribution is 5.70. The molecule has 0 atom stereocenters. The molecule has 0 fully saturated rings. The first-order chi connectivity index (χ1) is 9.54. The Hall–Kier alpha value is -2.70. The number of benzene rings is 1. The lowest BCUT2D eigenvalue weighted by Crippen LogP contribution is -2.20. The van der Waals surface area contributed by atoms with E-state index < -0.39 is 10.7 Å². The first-order valence-corrected chi connectivity index (χ1v) is 5.97. The van der Waals surface area contributed by atoms with Crippen molar-refractivity contribution in [3.63, 3.8) is 0 Å². The van der Waals surface area contributed by atoms with Crippen LogP contribution in [0.3, 0.4) is 0 Å². The summed E-state index contributed by atoms with van der Waals surface area (Å²) in [5.74, 6) is -0.309. The minimum atomic E-state index is -0.564. The molecule has 0 saturated carbocycles. The Morgan fingerprint density at radius 3 is 2.65 bits per heavy atom. The highest BCUT2D eigenvalue weighted by atomic mass is 19.1. The SMILES string of the molecule is CCN(c1ccccc1F)c1nc(N)ccc1[N+](=O)[O-]. The van der Waals surface area contributed by atoms with Gasteiger partial charge in [0.05, 0.1) is 10.6 Å². The van der Waals surface area contributed by atoms with Crippen LogP contribution >= 0.6 is 0 Å². The summed E-state index contributed by atoms with van der Waals surface area (Å²) in [6.45, 7) is 2.07. The van der Waals surface area contributed by atoms with Crippen molar-refractivity contribution in [1.82, 2.24) is 4.98 Å². The maximum atomic E-state index is 13.9. The number of hydrogen-bond acceptors (Lipinski definition) is 5. The molecule has 0 radical (unpaired) electrons. The molecular weight excluding hydrogens is 263 g/mol. The van der Waals surface area contributed by atoms with Crippen molar-refractivity contribution >= 4 is 23.0 Å². The summed E-state index contributed by atoms with van der Waals surface area (Å²) in [5.41, 5.74) is 5.58. The molecule has 0 bridgehead atoms. The summed E-state index contributed by atoms with van der Waals surface area (Å²) < 4.78 is 13.9. The number of halogens is 1. The van der Waals surface area contributed by atoms with Gasteiger partial charge in [0.1, 0.15) is 11.6 Å². The molecule has 0 aliphatic carbocycles. The zero-order chi connectivity index (χ0) is 14.7. The van der Waals surface area contributed by atoms with Crippen LogP contribution in [0.1, 0.15) is 6.92 Å². The van der Waals surface area contributed by atoms with Crippen molar-refractivity contribution < 1.29 is 9.31 Å². The van der Waals surface area contributed by atoms with Gasteiger partial charge < -0.3 is 10.6 Å². The summed E-state index contributed by atoms with van der Waals surface area (Å²) in [4.78, 5) is 15.9. The number of nitrogen functional groups attached to an aromatic ring is 1. The van der Waals surface area contributed by atoms with E-state index in [9.17, 15) is 14.5 Å². The Labute approximate surface area is 114 Å². The minimum absolute atomic E-state index is 0.0302. The van der Waals surface area contributed by atoms with Crippen LogP contribution in [0, 0.1) is 15.9 Å². The summed E-state index contributed by atoms with van der Waals surface area (Å²) in [5, 5.41) is 11.1. The summed E-state index contributed by atoms with van der Waals surface area (Å²) in [6.07, 6.45) is 0. The fourth-order valence-corrected chi connectivity index (χ4v) is 1.90. The Kier molecular flexibility index (Phi) is 3.79. The standard InChI is InChI=1S/C13H13FN4O2/c1-2-17(10-6-4-3-5-9(10)14)13-11(18(19)20)7-8-12(15)16-13/h3-8H,2H2,1H3,(H2,15,16). The normalized spacial score (nSPS) is 10.3. The molecular formula is C13H13FN4O2.